The van der Waals surface area contributed by atoms with E-state index in [0.29, 0.717) is 17.5 Å². The maximum absolute atomic E-state index is 12.7. The van der Waals surface area contributed by atoms with Crippen LogP contribution in [0.4, 0.5) is 0 Å². The first-order valence-corrected chi connectivity index (χ1v) is 10.7. The third-order valence-electron chi connectivity index (χ3n) is 5.98. The van der Waals surface area contributed by atoms with Crippen LogP contribution in [0.3, 0.4) is 0 Å². The van der Waals surface area contributed by atoms with Crippen LogP contribution >= 0.6 is 11.8 Å². The molecule has 0 aromatic heterocycles. The second kappa shape index (κ2) is 8.10. The van der Waals surface area contributed by atoms with E-state index >= 15 is 0 Å². The van der Waals surface area contributed by atoms with Gasteiger partial charge in [0.1, 0.15) is 0 Å². The molecule has 4 nitrogen and oxygen atoms in total. The highest BCUT2D eigenvalue weighted by atomic mass is 32.2. The van der Waals surface area contributed by atoms with E-state index in [-0.39, 0.29) is 17.7 Å². The predicted molar refractivity (Wildman–Crippen MR) is 112 cm³/mol. The van der Waals surface area contributed by atoms with E-state index in [2.05, 4.69) is 17.1 Å². The molecule has 5 rings (SSSR count). The van der Waals surface area contributed by atoms with Gasteiger partial charge in [-0.05, 0) is 75.5 Å². The van der Waals surface area contributed by atoms with E-state index in [9.17, 15) is 9.59 Å². The Hall–Kier alpha value is -2.11. The molecule has 0 spiro atoms. The minimum absolute atomic E-state index is 0.0220. The lowest BCUT2D eigenvalue weighted by Gasteiger charge is -2.48. The Morgan fingerprint density at radius 1 is 1.00 bits per heavy atom. The number of carbonyl (C=O) groups is 2. The lowest BCUT2D eigenvalue weighted by atomic mass is 9.80. The van der Waals surface area contributed by atoms with Gasteiger partial charge in [0.2, 0.25) is 0 Å². The summed E-state index contributed by atoms with van der Waals surface area (Å²) in [7, 11) is 0. The van der Waals surface area contributed by atoms with Gasteiger partial charge in [-0.15, -0.1) is 0 Å². The van der Waals surface area contributed by atoms with Crippen LogP contribution in [-0.2, 0) is 0 Å². The molecule has 4 unspecified atom stereocenters. The number of benzene rings is 2. The van der Waals surface area contributed by atoms with Crippen LogP contribution in [0.5, 0.6) is 0 Å². The quantitative estimate of drug-likeness (QED) is 0.770. The molecule has 4 atom stereocenters. The second-order valence-electron chi connectivity index (χ2n) is 7.92. The summed E-state index contributed by atoms with van der Waals surface area (Å²) in [5.74, 6) is 0.704. The summed E-state index contributed by atoms with van der Waals surface area (Å²) < 4.78 is 0. The number of carbonyl (C=O) groups excluding carboxylic acids is 2. The normalized spacial score (nSPS) is 26.1. The Kier molecular flexibility index (Phi) is 5.56. The van der Waals surface area contributed by atoms with Gasteiger partial charge in [-0.25, -0.2) is 0 Å². The molecule has 3 aliphatic rings. The van der Waals surface area contributed by atoms with Crippen molar-refractivity contribution in [1.29, 1.82) is 0 Å². The lowest BCUT2D eigenvalue weighted by molar-refractivity contribution is 0.0274. The number of piperidine rings is 3. The molecule has 2 aromatic rings. The second-order valence-corrected chi connectivity index (χ2v) is 9.06. The molecule has 3 aliphatic heterocycles. The maximum Gasteiger partial charge on any atom is 0.251 e. The Balaban J connectivity index is 1.36. The molecule has 3 saturated heterocycles. The van der Waals surface area contributed by atoms with Gasteiger partial charge >= 0.3 is 0 Å². The summed E-state index contributed by atoms with van der Waals surface area (Å²) in [5, 5.41) is 3.25. The zero-order chi connectivity index (χ0) is 19.7. The molecular weight excluding hydrogens is 368 g/mol. The molecule has 0 aliphatic carbocycles. The van der Waals surface area contributed by atoms with Crippen molar-refractivity contribution >= 4 is 23.5 Å². The van der Waals surface area contributed by atoms with Gasteiger partial charge in [-0.3, -0.25) is 14.5 Å². The smallest absolute Gasteiger partial charge is 0.251 e. The molecule has 0 saturated carbocycles. The van der Waals surface area contributed by atoms with Gasteiger partial charge in [0.05, 0.1) is 0 Å². The molecule has 3 fully saturated rings. The lowest BCUT2D eigenvalue weighted by Crippen LogP contribution is -2.60. The number of hydrogen-bond acceptors (Lipinski definition) is 4. The zero-order valence-corrected chi connectivity index (χ0v) is 17.2. The van der Waals surface area contributed by atoms with Gasteiger partial charge in [0, 0.05) is 39.5 Å². The van der Waals surface area contributed by atoms with Crippen molar-refractivity contribution in [2.75, 3.05) is 13.1 Å². The molecule has 1 N–H and O–H groups in total. The van der Waals surface area contributed by atoms with Crippen LogP contribution in [0.15, 0.2) is 58.3 Å². The predicted octanol–water partition coefficient (Wildman–Crippen LogP) is 4.25. The molecule has 146 valence electrons. The fourth-order valence-electron chi connectivity index (χ4n) is 4.28. The Labute approximate surface area is 170 Å². The third kappa shape index (κ3) is 4.15. The van der Waals surface area contributed by atoms with Crippen LogP contribution in [0.1, 0.15) is 47.4 Å². The van der Waals surface area contributed by atoms with E-state index in [4.69, 9.17) is 0 Å². The number of nitrogens with zero attached hydrogens (tertiary/aromatic N) is 1. The van der Waals surface area contributed by atoms with Gasteiger partial charge in [-0.2, -0.15) is 0 Å². The monoisotopic (exact) mass is 394 g/mol. The Bertz CT molecular complexity index is 863. The molecule has 2 bridgehead atoms. The average molecular weight is 395 g/mol. The van der Waals surface area contributed by atoms with Crippen LogP contribution in [0.25, 0.3) is 0 Å². The highest BCUT2D eigenvalue weighted by Crippen LogP contribution is 2.32. The number of ketones is 1. The van der Waals surface area contributed by atoms with Crippen LogP contribution < -0.4 is 5.32 Å². The van der Waals surface area contributed by atoms with Crippen molar-refractivity contribution in [3.8, 4) is 0 Å². The fourth-order valence-corrected chi connectivity index (χ4v) is 5.10. The van der Waals surface area contributed by atoms with Gasteiger partial charge in [0.25, 0.3) is 5.91 Å². The highest BCUT2D eigenvalue weighted by molar-refractivity contribution is 7.99. The van der Waals surface area contributed by atoms with E-state index in [1.807, 2.05) is 48.5 Å². The number of amides is 1. The van der Waals surface area contributed by atoms with E-state index in [1.54, 1.807) is 18.7 Å². The Morgan fingerprint density at radius 3 is 2.11 bits per heavy atom. The summed E-state index contributed by atoms with van der Waals surface area (Å²) in [6, 6.07) is 16.3. The average Bonchev–Trinajstić information content (AvgIpc) is 2.70. The van der Waals surface area contributed by atoms with Crippen LogP contribution in [0.2, 0.25) is 0 Å². The van der Waals surface area contributed by atoms with Gasteiger partial charge < -0.3 is 5.32 Å². The Morgan fingerprint density at radius 2 is 1.61 bits per heavy atom. The molecule has 28 heavy (non-hydrogen) atoms. The van der Waals surface area contributed by atoms with Crippen molar-refractivity contribution in [2.24, 2.45) is 5.92 Å². The molecule has 2 aromatic carbocycles. The molecule has 1 amide bonds. The number of rotatable bonds is 5. The first-order valence-electron chi connectivity index (χ1n) is 9.93. The van der Waals surface area contributed by atoms with E-state index < -0.39 is 0 Å². The third-order valence-corrected chi connectivity index (χ3v) is 7.00. The standard InChI is InChI=1S/C23H26N2O2S/c1-15-13-19-11-12-25(15)14-22(19)24-23(27)18-5-9-21(10-6-18)28-20-7-3-17(4-8-20)16(2)26/h3-10,15,19,22H,11-14H2,1-2H3,(H,24,27). The van der Waals surface area contributed by atoms with Crippen molar-refractivity contribution in [3.63, 3.8) is 0 Å². The van der Waals surface area contributed by atoms with Crippen LogP contribution in [0, 0.1) is 5.92 Å². The number of nitrogens with one attached hydrogen (secondary N) is 1. The first kappa shape index (κ1) is 19.2. The fraction of sp³-hybridized carbons (Fsp3) is 0.391. The van der Waals surface area contributed by atoms with Gasteiger partial charge in [0.15, 0.2) is 5.78 Å². The maximum atomic E-state index is 12.7. The topological polar surface area (TPSA) is 49.4 Å². The van der Waals surface area contributed by atoms with Crippen LogP contribution in [-0.4, -0.2) is 41.8 Å². The van der Waals surface area contributed by atoms with Crippen molar-refractivity contribution < 1.29 is 9.59 Å². The van der Waals surface area contributed by atoms with Crippen molar-refractivity contribution in [1.82, 2.24) is 10.2 Å². The molecule has 0 radical (unpaired) electrons. The number of fused-ring (bicyclic) bond motifs is 3. The summed E-state index contributed by atoms with van der Waals surface area (Å²) in [5.41, 5.74) is 1.43. The zero-order valence-electron chi connectivity index (χ0n) is 16.4. The number of hydrogen-bond donors (Lipinski definition) is 1. The van der Waals surface area contributed by atoms with Crippen molar-refractivity contribution in [2.45, 2.75) is 48.6 Å². The summed E-state index contributed by atoms with van der Waals surface area (Å²) in [6.45, 7) is 6.00. The van der Waals surface area contributed by atoms with Crippen molar-refractivity contribution in [3.05, 3.63) is 59.7 Å². The molecular formula is C23H26N2O2S. The minimum Gasteiger partial charge on any atom is -0.348 e. The van der Waals surface area contributed by atoms with E-state index in [1.165, 1.54) is 12.8 Å². The first-order chi connectivity index (χ1) is 13.5. The SMILES string of the molecule is CC(=O)c1ccc(Sc2ccc(C(=O)NC3CN4CCC3CC4C)cc2)cc1. The highest BCUT2D eigenvalue weighted by Gasteiger charge is 2.38. The van der Waals surface area contributed by atoms with E-state index in [0.717, 1.165) is 28.4 Å². The largest absolute Gasteiger partial charge is 0.348 e. The summed E-state index contributed by atoms with van der Waals surface area (Å²) in [6.07, 6.45) is 2.37. The summed E-state index contributed by atoms with van der Waals surface area (Å²) in [4.78, 5) is 28.7. The van der Waals surface area contributed by atoms with Gasteiger partial charge in [-0.1, -0.05) is 23.9 Å². The minimum atomic E-state index is 0.0220. The number of Topliss-reactive ketones (excluding diaryl/α,β-unsaturated/α-hetero) is 1. The summed E-state index contributed by atoms with van der Waals surface area (Å²) >= 11 is 1.62. The molecule has 5 heteroatoms. The molecule has 3 heterocycles.